The molecule has 0 aromatic carbocycles. The van der Waals surface area contributed by atoms with Crippen molar-refractivity contribution >= 4 is 5.97 Å². The van der Waals surface area contributed by atoms with Crippen LogP contribution in [0.2, 0.25) is 0 Å². The van der Waals surface area contributed by atoms with Crippen molar-refractivity contribution in [3.8, 4) is 0 Å². The lowest BCUT2D eigenvalue weighted by atomic mass is 10.1. The van der Waals surface area contributed by atoms with Gasteiger partial charge in [0.05, 0.1) is 13.0 Å². The summed E-state index contributed by atoms with van der Waals surface area (Å²) in [4.78, 5) is 11.1. The molecule has 0 saturated heterocycles. The third-order valence-corrected chi connectivity index (χ3v) is 3.64. The number of carbonyl (C=O) groups is 1. The summed E-state index contributed by atoms with van der Waals surface area (Å²) in [7, 11) is 0. The Balaban J connectivity index is 3.18. The number of hydrogen-bond acceptors (Lipinski definition) is 2. The lowest BCUT2D eigenvalue weighted by molar-refractivity contribution is -0.142. The molecule has 0 aliphatic heterocycles. The number of hydrogen-bond donors (Lipinski definition) is 0. The van der Waals surface area contributed by atoms with Gasteiger partial charge >= 0.3 is 5.97 Å². The first-order valence-corrected chi connectivity index (χ1v) is 9.26. The van der Waals surface area contributed by atoms with Gasteiger partial charge in [-0.3, -0.25) is 4.79 Å². The number of allylic oxidation sites excluding steroid dienone is 3. The van der Waals surface area contributed by atoms with Crippen LogP contribution in [0.1, 0.15) is 90.9 Å². The van der Waals surface area contributed by atoms with Gasteiger partial charge in [0.15, 0.2) is 0 Å². The Morgan fingerprint density at radius 1 is 0.727 bits per heavy atom. The predicted molar refractivity (Wildman–Crippen MR) is 96.0 cm³/mol. The number of rotatable bonds is 15. The van der Waals surface area contributed by atoms with Gasteiger partial charge in [-0.15, -0.1) is 0 Å². The van der Waals surface area contributed by atoms with Gasteiger partial charge < -0.3 is 4.74 Å². The van der Waals surface area contributed by atoms with E-state index in [1.54, 1.807) is 0 Å². The molecule has 0 saturated carbocycles. The number of esters is 1. The molecule has 0 fully saturated rings. The van der Waals surface area contributed by atoms with Crippen LogP contribution < -0.4 is 0 Å². The van der Waals surface area contributed by atoms with Crippen molar-refractivity contribution in [2.24, 2.45) is 0 Å². The molecule has 0 aromatic heterocycles. The van der Waals surface area contributed by atoms with Crippen molar-refractivity contribution in [1.82, 2.24) is 0 Å². The van der Waals surface area contributed by atoms with Gasteiger partial charge in [0, 0.05) is 0 Å². The van der Waals surface area contributed by atoms with Crippen LogP contribution >= 0.6 is 0 Å². The molecule has 0 heterocycles. The highest BCUT2D eigenvalue weighted by molar-refractivity contribution is 5.71. The van der Waals surface area contributed by atoms with Crippen molar-refractivity contribution in [2.75, 3.05) is 6.61 Å². The molecule has 0 unspecified atom stereocenters. The highest BCUT2D eigenvalue weighted by atomic mass is 16.5. The minimum Gasteiger partial charge on any atom is -0.466 e. The highest BCUT2D eigenvalue weighted by Gasteiger charge is 1.95. The van der Waals surface area contributed by atoms with Crippen LogP contribution in [0, 0.1) is 0 Å². The second-order valence-electron chi connectivity index (χ2n) is 5.79. The lowest BCUT2D eigenvalue weighted by Gasteiger charge is -1.99. The average molecular weight is 309 g/mol. The quantitative estimate of drug-likeness (QED) is 0.200. The van der Waals surface area contributed by atoms with Crippen molar-refractivity contribution in [3.63, 3.8) is 0 Å². The molecular formula is C20H36O2. The maximum absolute atomic E-state index is 11.1. The third kappa shape index (κ3) is 17.0. The van der Waals surface area contributed by atoms with Crippen LogP contribution in [0.5, 0.6) is 0 Å². The van der Waals surface area contributed by atoms with Crippen LogP contribution in [0.3, 0.4) is 0 Å². The first-order valence-electron chi connectivity index (χ1n) is 9.26. The summed E-state index contributed by atoms with van der Waals surface area (Å²) in [5.74, 6) is -0.123. The van der Waals surface area contributed by atoms with E-state index in [9.17, 15) is 4.79 Å². The fourth-order valence-electron chi connectivity index (χ4n) is 2.31. The zero-order valence-corrected chi connectivity index (χ0v) is 14.8. The Hall–Kier alpha value is -1.05. The molecular weight excluding hydrogens is 272 g/mol. The summed E-state index contributed by atoms with van der Waals surface area (Å²) in [6.45, 7) is 4.55. The second kappa shape index (κ2) is 18.0. The molecule has 0 aliphatic rings. The third-order valence-electron chi connectivity index (χ3n) is 3.64. The van der Waals surface area contributed by atoms with E-state index in [2.05, 4.69) is 25.2 Å². The topological polar surface area (TPSA) is 26.3 Å². The number of unbranched alkanes of at least 4 members (excludes halogenated alkanes) is 9. The molecule has 0 aliphatic carbocycles. The maximum Gasteiger partial charge on any atom is 0.309 e. The molecule has 0 radical (unpaired) electrons. The van der Waals surface area contributed by atoms with E-state index in [0.717, 1.165) is 6.42 Å². The van der Waals surface area contributed by atoms with Gasteiger partial charge in [-0.2, -0.15) is 0 Å². The van der Waals surface area contributed by atoms with Gasteiger partial charge in [0.25, 0.3) is 0 Å². The summed E-state index contributed by atoms with van der Waals surface area (Å²) in [6, 6.07) is 0. The second-order valence-corrected chi connectivity index (χ2v) is 5.79. The molecule has 128 valence electrons. The van der Waals surface area contributed by atoms with E-state index >= 15 is 0 Å². The smallest absolute Gasteiger partial charge is 0.309 e. The molecule has 0 rings (SSSR count). The zero-order valence-electron chi connectivity index (χ0n) is 14.8. The van der Waals surface area contributed by atoms with Crippen LogP contribution in [-0.2, 0) is 9.53 Å². The Bertz CT molecular complexity index is 292. The largest absolute Gasteiger partial charge is 0.466 e. The number of carbonyl (C=O) groups excluding carboxylic acids is 1. The van der Waals surface area contributed by atoms with Crippen molar-refractivity contribution in [3.05, 3.63) is 24.3 Å². The highest BCUT2D eigenvalue weighted by Crippen LogP contribution is 2.09. The molecule has 0 amide bonds. The summed E-state index contributed by atoms with van der Waals surface area (Å²) < 4.78 is 4.87. The fourth-order valence-corrected chi connectivity index (χ4v) is 2.31. The normalized spacial score (nSPS) is 11.5. The Morgan fingerprint density at radius 2 is 1.23 bits per heavy atom. The molecule has 2 nitrogen and oxygen atoms in total. The molecule has 0 aromatic rings. The van der Waals surface area contributed by atoms with Gasteiger partial charge in [-0.25, -0.2) is 0 Å². The summed E-state index contributed by atoms with van der Waals surface area (Å²) >= 11 is 0. The SMILES string of the molecule is CCCCC=CCCCCCCCCC=CCC(=O)OCC. The molecule has 2 heteroatoms. The zero-order chi connectivity index (χ0) is 16.3. The monoisotopic (exact) mass is 308 g/mol. The fraction of sp³-hybridized carbons (Fsp3) is 0.750. The molecule has 0 spiro atoms. The van der Waals surface area contributed by atoms with Crippen molar-refractivity contribution in [1.29, 1.82) is 0 Å². The Morgan fingerprint density at radius 3 is 1.77 bits per heavy atom. The van der Waals surface area contributed by atoms with E-state index in [-0.39, 0.29) is 5.97 Å². The standard InChI is InChI=1S/C20H36O2/c1-3-5-6-7-8-9-10-11-12-13-14-15-16-17-18-19-20(21)22-4-2/h7-8,17-18H,3-6,9-16,19H2,1-2H3. The van der Waals surface area contributed by atoms with Crippen LogP contribution in [-0.4, -0.2) is 12.6 Å². The van der Waals surface area contributed by atoms with Crippen molar-refractivity contribution in [2.45, 2.75) is 90.9 Å². The van der Waals surface area contributed by atoms with Crippen LogP contribution in [0.25, 0.3) is 0 Å². The van der Waals surface area contributed by atoms with Gasteiger partial charge in [-0.05, 0) is 39.0 Å². The molecule has 0 N–H and O–H groups in total. The summed E-state index contributed by atoms with van der Waals surface area (Å²) in [5, 5.41) is 0. The van der Waals surface area contributed by atoms with Crippen molar-refractivity contribution < 1.29 is 9.53 Å². The van der Waals surface area contributed by atoms with Gasteiger partial charge in [0.1, 0.15) is 0 Å². The lowest BCUT2D eigenvalue weighted by Crippen LogP contribution is -2.01. The average Bonchev–Trinajstić information content (AvgIpc) is 2.51. The first kappa shape index (κ1) is 20.9. The minimum absolute atomic E-state index is 0.123. The molecule has 22 heavy (non-hydrogen) atoms. The van der Waals surface area contributed by atoms with E-state index in [1.807, 2.05) is 13.0 Å². The van der Waals surface area contributed by atoms with Crippen LogP contribution in [0.4, 0.5) is 0 Å². The molecule has 0 atom stereocenters. The minimum atomic E-state index is -0.123. The molecule has 0 bridgehead atoms. The Kier molecular flexibility index (Phi) is 17.1. The van der Waals surface area contributed by atoms with Gasteiger partial charge in [-0.1, -0.05) is 69.8 Å². The Labute approximate surface area is 138 Å². The van der Waals surface area contributed by atoms with Gasteiger partial charge in [0.2, 0.25) is 0 Å². The first-order chi connectivity index (χ1) is 10.8. The van der Waals surface area contributed by atoms with Crippen LogP contribution in [0.15, 0.2) is 24.3 Å². The predicted octanol–water partition coefficient (Wildman–Crippen LogP) is 6.36. The summed E-state index contributed by atoms with van der Waals surface area (Å²) in [5.41, 5.74) is 0. The number of ether oxygens (including phenoxy) is 1. The summed E-state index contributed by atoms with van der Waals surface area (Å²) in [6.07, 6.45) is 23.3. The van der Waals surface area contributed by atoms with E-state index in [1.165, 1.54) is 64.2 Å². The van der Waals surface area contributed by atoms with E-state index < -0.39 is 0 Å². The van der Waals surface area contributed by atoms with E-state index in [4.69, 9.17) is 4.74 Å². The van der Waals surface area contributed by atoms with E-state index in [0.29, 0.717) is 13.0 Å². The maximum atomic E-state index is 11.1.